The first-order chi connectivity index (χ1) is 12.3. The summed E-state index contributed by atoms with van der Waals surface area (Å²) >= 11 is 2.49. The highest BCUT2D eigenvalue weighted by Crippen LogP contribution is 2.46. The van der Waals surface area contributed by atoms with E-state index in [1.165, 1.54) is 30.8 Å². The van der Waals surface area contributed by atoms with E-state index in [0.29, 0.717) is 0 Å². The SMILES string of the molecule is COC1(NC(=O)Cc2cccs2)C(=O)N2C(C(=O)O)C(C(C)=O)=CS[C@@H]21. The van der Waals surface area contributed by atoms with Gasteiger partial charge < -0.3 is 20.1 Å². The number of β-lactam (4-membered cyclic amide) rings is 1. The van der Waals surface area contributed by atoms with E-state index in [9.17, 15) is 24.3 Å². The van der Waals surface area contributed by atoms with E-state index < -0.39 is 40.7 Å². The van der Waals surface area contributed by atoms with Crippen LogP contribution < -0.4 is 5.32 Å². The number of thioether (sulfide) groups is 1. The minimum Gasteiger partial charge on any atom is -0.479 e. The van der Waals surface area contributed by atoms with Gasteiger partial charge in [-0.1, -0.05) is 6.07 Å². The van der Waals surface area contributed by atoms with Gasteiger partial charge in [-0.3, -0.25) is 14.4 Å². The quantitative estimate of drug-likeness (QED) is 0.534. The molecule has 0 spiro atoms. The summed E-state index contributed by atoms with van der Waals surface area (Å²) < 4.78 is 5.32. The molecule has 0 saturated carbocycles. The standard InChI is InChI=1S/C16H16N2O6S2/c1-8(19)10-7-26-15-16(24-2,14(23)18(15)12(10)13(21)22)17-11(20)6-9-4-3-5-25-9/h3-5,7,12,15H,6H2,1-2H3,(H,17,20)(H,21,22)/t12?,15-,16?/m1/s1. The summed E-state index contributed by atoms with van der Waals surface area (Å²) in [5.74, 6) is -2.82. The Balaban J connectivity index is 1.84. The van der Waals surface area contributed by atoms with Crippen molar-refractivity contribution in [2.24, 2.45) is 0 Å². The Morgan fingerprint density at radius 3 is 2.69 bits per heavy atom. The fourth-order valence-corrected chi connectivity index (χ4v) is 5.07. The van der Waals surface area contributed by atoms with Gasteiger partial charge in [0.15, 0.2) is 11.8 Å². The summed E-state index contributed by atoms with van der Waals surface area (Å²) in [7, 11) is 1.28. The van der Waals surface area contributed by atoms with Crippen molar-refractivity contribution in [3.05, 3.63) is 33.4 Å². The van der Waals surface area contributed by atoms with Crippen LogP contribution in [0.4, 0.5) is 0 Å². The molecule has 3 rings (SSSR count). The summed E-state index contributed by atoms with van der Waals surface area (Å²) in [6.45, 7) is 1.25. The highest BCUT2D eigenvalue weighted by Gasteiger charge is 2.67. The van der Waals surface area contributed by atoms with Crippen LogP contribution in [0.5, 0.6) is 0 Å². The molecule has 3 atom stereocenters. The fraction of sp³-hybridized carbons (Fsp3) is 0.375. The molecule has 2 unspecified atom stereocenters. The van der Waals surface area contributed by atoms with E-state index >= 15 is 0 Å². The molecular weight excluding hydrogens is 380 g/mol. The molecule has 3 heterocycles. The number of amides is 2. The van der Waals surface area contributed by atoms with Crippen molar-refractivity contribution in [1.82, 2.24) is 10.2 Å². The molecule has 2 amide bonds. The van der Waals surface area contributed by atoms with Crippen LogP contribution in [0.2, 0.25) is 0 Å². The van der Waals surface area contributed by atoms with Gasteiger partial charge in [-0.2, -0.15) is 0 Å². The first-order valence-corrected chi connectivity index (χ1v) is 9.44. The summed E-state index contributed by atoms with van der Waals surface area (Å²) in [5.41, 5.74) is -1.62. The molecule has 1 fully saturated rings. The van der Waals surface area contributed by atoms with Crippen molar-refractivity contribution >= 4 is 46.7 Å². The lowest BCUT2D eigenvalue weighted by Gasteiger charge is -2.57. The third kappa shape index (κ3) is 2.83. The van der Waals surface area contributed by atoms with Gasteiger partial charge >= 0.3 is 5.97 Å². The van der Waals surface area contributed by atoms with Crippen LogP contribution in [0.1, 0.15) is 11.8 Å². The molecule has 1 aromatic heterocycles. The van der Waals surface area contributed by atoms with Crippen molar-refractivity contribution in [2.45, 2.75) is 30.5 Å². The van der Waals surface area contributed by atoms with Crippen LogP contribution in [0.3, 0.4) is 0 Å². The monoisotopic (exact) mass is 396 g/mol. The molecule has 8 nitrogen and oxygen atoms in total. The van der Waals surface area contributed by atoms with E-state index in [1.807, 2.05) is 11.4 Å². The molecule has 138 valence electrons. The van der Waals surface area contributed by atoms with Crippen LogP contribution in [0.25, 0.3) is 0 Å². The van der Waals surface area contributed by atoms with E-state index in [-0.39, 0.29) is 12.0 Å². The zero-order valence-electron chi connectivity index (χ0n) is 13.9. The summed E-state index contributed by atoms with van der Waals surface area (Å²) in [6, 6.07) is 2.23. The number of fused-ring (bicyclic) bond motifs is 1. The Morgan fingerprint density at radius 1 is 1.42 bits per heavy atom. The van der Waals surface area contributed by atoms with Crippen LogP contribution >= 0.6 is 23.1 Å². The van der Waals surface area contributed by atoms with Crippen LogP contribution in [0.15, 0.2) is 28.5 Å². The summed E-state index contributed by atoms with van der Waals surface area (Å²) in [4.78, 5) is 50.3. The fourth-order valence-electron chi connectivity index (χ4n) is 3.00. The number of thiophene rings is 1. The van der Waals surface area contributed by atoms with Gasteiger partial charge in [-0.25, -0.2) is 4.79 Å². The zero-order chi connectivity index (χ0) is 19.1. The molecule has 2 aliphatic rings. The Bertz CT molecular complexity index is 806. The van der Waals surface area contributed by atoms with Gasteiger partial charge in [0.2, 0.25) is 5.91 Å². The molecule has 0 aliphatic carbocycles. The largest absolute Gasteiger partial charge is 0.479 e. The van der Waals surface area contributed by atoms with Gasteiger partial charge in [0, 0.05) is 17.6 Å². The number of hydrogen-bond acceptors (Lipinski definition) is 7. The van der Waals surface area contributed by atoms with Crippen molar-refractivity contribution in [1.29, 1.82) is 0 Å². The number of carbonyl (C=O) groups is 4. The number of aliphatic carboxylic acids is 1. The first-order valence-electron chi connectivity index (χ1n) is 7.62. The summed E-state index contributed by atoms with van der Waals surface area (Å²) in [5, 5.41) is 14.6. The third-order valence-electron chi connectivity index (χ3n) is 4.25. The highest BCUT2D eigenvalue weighted by molar-refractivity contribution is 8.03. The zero-order valence-corrected chi connectivity index (χ0v) is 15.6. The second-order valence-corrected chi connectivity index (χ2v) is 7.80. The second-order valence-electron chi connectivity index (χ2n) is 5.82. The molecule has 10 heteroatoms. The van der Waals surface area contributed by atoms with Crippen molar-refractivity contribution < 1.29 is 29.0 Å². The maximum absolute atomic E-state index is 12.7. The molecule has 0 radical (unpaired) electrons. The van der Waals surface area contributed by atoms with Gasteiger partial charge in [-0.15, -0.1) is 23.1 Å². The lowest BCUT2D eigenvalue weighted by molar-refractivity contribution is -0.201. The van der Waals surface area contributed by atoms with E-state index in [4.69, 9.17) is 4.74 Å². The predicted octanol–water partition coefficient (Wildman–Crippen LogP) is 0.591. The van der Waals surface area contributed by atoms with Crippen molar-refractivity contribution in [3.8, 4) is 0 Å². The minimum absolute atomic E-state index is 0.0294. The Labute approximate surface area is 157 Å². The second kappa shape index (κ2) is 6.86. The van der Waals surface area contributed by atoms with Gasteiger partial charge in [0.05, 0.1) is 6.42 Å². The molecule has 0 bridgehead atoms. The number of carbonyl (C=O) groups excluding carboxylic acids is 3. The number of carboxylic acids is 1. The highest BCUT2D eigenvalue weighted by atomic mass is 32.2. The van der Waals surface area contributed by atoms with Gasteiger partial charge in [0.25, 0.3) is 11.6 Å². The first kappa shape index (κ1) is 18.6. The average Bonchev–Trinajstić information content (AvgIpc) is 3.10. The maximum atomic E-state index is 12.7. The van der Waals surface area contributed by atoms with Crippen molar-refractivity contribution in [3.63, 3.8) is 0 Å². The summed E-state index contributed by atoms with van der Waals surface area (Å²) in [6.07, 6.45) is 0.0876. The molecule has 26 heavy (non-hydrogen) atoms. The minimum atomic E-state index is -1.65. The molecule has 2 aliphatic heterocycles. The molecule has 0 aromatic carbocycles. The number of ether oxygens (including phenoxy) is 1. The number of carboxylic acid groups (broad SMARTS) is 1. The Kier molecular flexibility index (Phi) is 4.91. The topological polar surface area (TPSA) is 113 Å². The molecule has 1 saturated heterocycles. The predicted molar refractivity (Wildman–Crippen MR) is 94.3 cm³/mol. The molecule has 1 aromatic rings. The molecule has 2 N–H and O–H groups in total. The number of ketones is 1. The van der Waals surface area contributed by atoms with Crippen LogP contribution in [-0.4, -0.2) is 57.8 Å². The lowest BCUT2D eigenvalue weighted by atomic mass is 9.93. The van der Waals surface area contributed by atoms with E-state index in [1.54, 1.807) is 6.07 Å². The lowest BCUT2D eigenvalue weighted by Crippen LogP contribution is -2.83. The average molecular weight is 396 g/mol. The smallest absolute Gasteiger partial charge is 0.331 e. The number of hydrogen-bond donors (Lipinski definition) is 2. The number of nitrogens with zero attached hydrogens (tertiary/aromatic N) is 1. The number of nitrogens with one attached hydrogen (secondary N) is 1. The number of Topliss-reactive ketones (excluding diaryl/α,β-unsaturated/α-hetero) is 1. The van der Waals surface area contributed by atoms with Gasteiger partial charge in [0.1, 0.15) is 5.37 Å². The van der Waals surface area contributed by atoms with E-state index in [0.717, 1.165) is 21.5 Å². The number of rotatable bonds is 6. The van der Waals surface area contributed by atoms with Crippen molar-refractivity contribution in [2.75, 3.05) is 7.11 Å². The normalized spacial score (nSPS) is 27.2. The van der Waals surface area contributed by atoms with Crippen LogP contribution in [0, 0.1) is 0 Å². The van der Waals surface area contributed by atoms with Gasteiger partial charge in [-0.05, 0) is 23.8 Å². The van der Waals surface area contributed by atoms with Crippen LogP contribution in [-0.2, 0) is 30.3 Å². The Hall–Kier alpha value is -2.17. The third-order valence-corrected chi connectivity index (χ3v) is 6.33. The molecular formula is C16H16N2O6S2. The Morgan fingerprint density at radius 2 is 2.15 bits per heavy atom. The van der Waals surface area contributed by atoms with E-state index in [2.05, 4.69) is 5.32 Å². The maximum Gasteiger partial charge on any atom is 0.331 e. The number of methoxy groups -OCH3 is 1.